The zero-order chi connectivity index (χ0) is 24.3. The Hall–Kier alpha value is -1.71. The Labute approximate surface area is 192 Å². The second-order valence-corrected chi connectivity index (χ2v) is 18.3. The highest BCUT2D eigenvalue weighted by molar-refractivity contribution is 7.93. The van der Waals surface area contributed by atoms with Crippen molar-refractivity contribution in [2.45, 2.75) is 88.5 Å². The standard InChI is InChI=1S/C23H35NO6SSi/c1-15(30-32(7,8)22(2,3)4)17-19(25)24-18(23(5,6)31(27,28)20(17)24)21(26)29-14-16-12-10-9-11-13-16/h9-13,15,17-18,20H,14H2,1-8H3/t15-,17-,18+,20-/m1/s1. The molecule has 0 N–H and O–H groups in total. The third kappa shape index (κ3) is 3.82. The van der Waals surface area contributed by atoms with E-state index in [4.69, 9.17) is 9.16 Å². The van der Waals surface area contributed by atoms with E-state index < -0.39 is 52.3 Å². The van der Waals surface area contributed by atoms with Crippen molar-refractivity contribution in [3.8, 4) is 0 Å². The molecule has 0 aliphatic carbocycles. The molecule has 1 amide bonds. The molecule has 2 fully saturated rings. The van der Waals surface area contributed by atoms with E-state index >= 15 is 0 Å². The van der Waals surface area contributed by atoms with Gasteiger partial charge in [0.25, 0.3) is 0 Å². The van der Waals surface area contributed by atoms with Gasteiger partial charge in [0.15, 0.2) is 18.2 Å². The lowest BCUT2D eigenvalue weighted by Gasteiger charge is -2.48. The maximum Gasteiger partial charge on any atom is 0.330 e. The Morgan fingerprint density at radius 2 is 1.75 bits per heavy atom. The molecule has 0 radical (unpaired) electrons. The number of amides is 1. The van der Waals surface area contributed by atoms with Gasteiger partial charge in [-0.15, -0.1) is 0 Å². The summed E-state index contributed by atoms with van der Waals surface area (Å²) in [4.78, 5) is 27.4. The maximum atomic E-state index is 13.4. The SMILES string of the molecule is C[C@@H](O[Si](C)(C)C(C)(C)C)[C@@H]1C(=O)N2[C@@H](C(=O)OCc3ccccc3)C(C)(C)S(=O)(=O)[C@H]12. The number of esters is 1. The molecular weight excluding hydrogens is 446 g/mol. The van der Waals surface area contributed by atoms with Gasteiger partial charge in [0.05, 0.1) is 16.8 Å². The Bertz CT molecular complexity index is 999. The highest BCUT2D eigenvalue weighted by Gasteiger charge is 2.73. The smallest absolute Gasteiger partial charge is 0.330 e. The van der Waals surface area contributed by atoms with Gasteiger partial charge in [-0.25, -0.2) is 13.2 Å². The summed E-state index contributed by atoms with van der Waals surface area (Å²) in [5.74, 6) is -1.88. The summed E-state index contributed by atoms with van der Waals surface area (Å²) in [6.45, 7) is 15.2. The molecule has 9 heteroatoms. The lowest BCUT2D eigenvalue weighted by molar-refractivity contribution is -0.171. The first-order chi connectivity index (χ1) is 14.5. The van der Waals surface area contributed by atoms with Crippen molar-refractivity contribution in [1.29, 1.82) is 0 Å². The predicted octanol–water partition coefficient (Wildman–Crippen LogP) is 3.50. The molecular formula is C23H35NO6SSi. The summed E-state index contributed by atoms with van der Waals surface area (Å²) < 4.78 is 37.2. The fourth-order valence-electron chi connectivity index (χ4n) is 4.28. The van der Waals surface area contributed by atoms with E-state index in [0.29, 0.717) is 0 Å². The van der Waals surface area contributed by atoms with Gasteiger partial charge < -0.3 is 14.1 Å². The minimum Gasteiger partial charge on any atom is -0.459 e. The van der Waals surface area contributed by atoms with Gasteiger partial charge in [-0.3, -0.25) is 4.79 Å². The number of carbonyl (C=O) groups is 2. The van der Waals surface area contributed by atoms with Crippen LogP contribution in [0.4, 0.5) is 0 Å². The van der Waals surface area contributed by atoms with Crippen molar-refractivity contribution in [3.63, 3.8) is 0 Å². The molecule has 7 nitrogen and oxygen atoms in total. The Morgan fingerprint density at radius 3 is 2.28 bits per heavy atom. The monoisotopic (exact) mass is 481 g/mol. The third-order valence-corrected chi connectivity index (χ3v) is 14.8. The molecule has 178 valence electrons. The predicted molar refractivity (Wildman–Crippen MR) is 125 cm³/mol. The van der Waals surface area contributed by atoms with Crippen LogP contribution >= 0.6 is 0 Å². The van der Waals surface area contributed by atoms with Crippen LogP contribution in [0.1, 0.15) is 47.1 Å². The molecule has 2 heterocycles. The number of nitrogens with zero attached hydrogens (tertiary/aromatic N) is 1. The summed E-state index contributed by atoms with van der Waals surface area (Å²) in [6.07, 6.45) is -0.561. The number of hydrogen-bond acceptors (Lipinski definition) is 6. The zero-order valence-corrected chi connectivity index (χ0v) is 22.0. The molecule has 0 aromatic heterocycles. The van der Waals surface area contributed by atoms with Crippen LogP contribution in [0.15, 0.2) is 30.3 Å². The second-order valence-electron chi connectivity index (χ2n) is 10.9. The molecule has 3 rings (SSSR count). The molecule has 32 heavy (non-hydrogen) atoms. The van der Waals surface area contributed by atoms with E-state index in [-0.39, 0.29) is 17.6 Å². The van der Waals surface area contributed by atoms with E-state index in [9.17, 15) is 18.0 Å². The fourth-order valence-corrected chi connectivity index (χ4v) is 8.10. The molecule has 4 atom stereocenters. The molecule has 0 unspecified atom stereocenters. The third-order valence-electron chi connectivity index (χ3n) is 7.35. The number of carbonyl (C=O) groups excluding carboxylic acids is 2. The average Bonchev–Trinajstić information content (AvgIpc) is 2.80. The van der Waals surface area contributed by atoms with Crippen molar-refractivity contribution in [1.82, 2.24) is 4.90 Å². The summed E-state index contributed by atoms with van der Waals surface area (Å²) in [7, 11) is -6.04. The van der Waals surface area contributed by atoms with E-state index in [1.54, 1.807) is 6.92 Å². The van der Waals surface area contributed by atoms with Gasteiger partial charge in [-0.05, 0) is 44.5 Å². The number of rotatable bonds is 6. The van der Waals surface area contributed by atoms with Crippen molar-refractivity contribution in [2.75, 3.05) is 0 Å². The van der Waals surface area contributed by atoms with Gasteiger partial charge in [0.2, 0.25) is 5.91 Å². The summed E-state index contributed by atoms with van der Waals surface area (Å²) in [5, 5.41) is -1.15. The summed E-state index contributed by atoms with van der Waals surface area (Å²) in [5.41, 5.74) is 0.792. The van der Waals surface area contributed by atoms with Gasteiger partial charge in [-0.1, -0.05) is 51.1 Å². The molecule has 1 aromatic rings. The van der Waals surface area contributed by atoms with Crippen LogP contribution in [0.2, 0.25) is 18.1 Å². The zero-order valence-electron chi connectivity index (χ0n) is 20.2. The van der Waals surface area contributed by atoms with Crippen molar-refractivity contribution in [2.24, 2.45) is 5.92 Å². The van der Waals surface area contributed by atoms with E-state index in [2.05, 4.69) is 33.9 Å². The highest BCUT2D eigenvalue weighted by atomic mass is 32.2. The molecule has 1 aromatic carbocycles. The van der Waals surface area contributed by atoms with Crippen molar-refractivity contribution >= 4 is 30.0 Å². The van der Waals surface area contributed by atoms with Crippen LogP contribution < -0.4 is 0 Å². The highest BCUT2D eigenvalue weighted by Crippen LogP contribution is 2.51. The van der Waals surface area contributed by atoms with Gasteiger partial charge in [-0.2, -0.15) is 0 Å². The Morgan fingerprint density at radius 1 is 1.19 bits per heavy atom. The molecule has 0 saturated carbocycles. The Balaban J connectivity index is 1.83. The molecule has 2 aliphatic heterocycles. The number of benzene rings is 1. The van der Waals surface area contributed by atoms with E-state index in [1.165, 1.54) is 18.7 Å². The fraction of sp³-hybridized carbons (Fsp3) is 0.652. The lowest BCUT2D eigenvalue weighted by atomic mass is 9.88. The molecule has 2 aliphatic rings. The summed E-state index contributed by atoms with van der Waals surface area (Å²) >= 11 is 0. The van der Waals surface area contributed by atoms with Crippen LogP contribution in [0, 0.1) is 5.92 Å². The van der Waals surface area contributed by atoms with Crippen LogP contribution in [0.25, 0.3) is 0 Å². The van der Waals surface area contributed by atoms with Crippen LogP contribution in [-0.2, 0) is 35.2 Å². The molecule has 0 spiro atoms. The number of fused-ring (bicyclic) bond motifs is 1. The molecule has 0 bridgehead atoms. The van der Waals surface area contributed by atoms with Crippen LogP contribution in [0.3, 0.4) is 0 Å². The van der Waals surface area contributed by atoms with Gasteiger partial charge >= 0.3 is 5.97 Å². The topological polar surface area (TPSA) is 90.0 Å². The van der Waals surface area contributed by atoms with Crippen LogP contribution in [0.5, 0.6) is 0 Å². The first-order valence-corrected chi connectivity index (χ1v) is 15.4. The van der Waals surface area contributed by atoms with Crippen LogP contribution in [-0.4, -0.2) is 55.8 Å². The van der Waals surface area contributed by atoms with Gasteiger partial charge in [0.1, 0.15) is 18.0 Å². The number of hydrogen-bond donors (Lipinski definition) is 0. The van der Waals surface area contributed by atoms with E-state index in [1.807, 2.05) is 30.3 Å². The second kappa shape index (κ2) is 7.95. The first-order valence-electron chi connectivity index (χ1n) is 11.0. The quantitative estimate of drug-likeness (QED) is 0.351. The van der Waals surface area contributed by atoms with Gasteiger partial charge in [0, 0.05) is 0 Å². The average molecular weight is 482 g/mol. The normalized spacial score (nSPS) is 27.4. The van der Waals surface area contributed by atoms with E-state index in [0.717, 1.165) is 5.56 Å². The number of sulfone groups is 1. The van der Waals surface area contributed by atoms with Crippen molar-refractivity contribution < 1.29 is 27.2 Å². The first kappa shape index (κ1) is 24.9. The number of β-lactam (4-membered cyclic amide) rings is 1. The molecule has 2 saturated heterocycles. The summed E-state index contributed by atoms with van der Waals surface area (Å²) in [6, 6.07) is 7.97. The Kier molecular flexibility index (Phi) is 6.19. The maximum absolute atomic E-state index is 13.4. The lowest BCUT2D eigenvalue weighted by Crippen LogP contribution is -2.67. The largest absolute Gasteiger partial charge is 0.459 e. The van der Waals surface area contributed by atoms with Crippen molar-refractivity contribution in [3.05, 3.63) is 35.9 Å². The minimum absolute atomic E-state index is 0.0211. The number of ether oxygens (including phenoxy) is 1. The minimum atomic E-state index is -3.82.